The van der Waals surface area contributed by atoms with E-state index in [2.05, 4.69) is 27.0 Å². The summed E-state index contributed by atoms with van der Waals surface area (Å²) in [6.45, 7) is 5.68. The van der Waals surface area contributed by atoms with Crippen molar-refractivity contribution in [1.29, 1.82) is 5.26 Å². The van der Waals surface area contributed by atoms with E-state index < -0.39 is 0 Å². The van der Waals surface area contributed by atoms with Crippen LogP contribution in [0.4, 0.5) is 11.5 Å². The third-order valence-corrected chi connectivity index (χ3v) is 4.48. The van der Waals surface area contributed by atoms with Crippen LogP contribution in [0.5, 0.6) is 5.75 Å². The van der Waals surface area contributed by atoms with Crippen molar-refractivity contribution in [3.8, 4) is 11.8 Å². The van der Waals surface area contributed by atoms with Gasteiger partial charge in [0.15, 0.2) is 5.11 Å². The number of pyridine rings is 1. The Labute approximate surface area is 175 Å². The Hall–Kier alpha value is -3.37. The van der Waals surface area contributed by atoms with Gasteiger partial charge < -0.3 is 20.7 Å². The lowest BCUT2D eigenvalue weighted by atomic mass is 10.1. The minimum atomic E-state index is 0.501. The van der Waals surface area contributed by atoms with Crippen LogP contribution < -0.4 is 20.7 Å². The van der Waals surface area contributed by atoms with Crippen LogP contribution in [-0.2, 0) is 0 Å². The molecule has 7 heteroatoms. The van der Waals surface area contributed by atoms with E-state index in [0.717, 1.165) is 27.9 Å². The number of anilines is 2. The Morgan fingerprint density at radius 3 is 2.79 bits per heavy atom. The number of nitrogens with zero attached hydrogens (tertiary/aromatic N) is 2. The van der Waals surface area contributed by atoms with E-state index >= 15 is 0 Å². The van der Waals surface area contributed by atoms with Gasteiger partial charge in [-0.15, -0.1) is 0 Å². The zero-order chi connectivity index (χ0) is 20.6. The molecule has 3 N–H and O–H groups in total. The number of aromatic nitrogens is 1. The van der Waals surface area contributed by atoms with E-state index in [1.165, 1.54) is 0 Å². The minimum Gasteiger partial charge on any atom is -0.492 e. The van der Waals surface area contributed by atoms with Crippen molar-refractivity contribution in [2.75, 3.05) is 30.3 Å². The molecule has 1 aromatic heterocycles. The number of aryl methyl sites for hydroxylation is 1. The van der Waals surface area contributed by atoms with Gasteiger partial charge in [0.25, 0.3) is 0 Å². The van der Waals surface area contributed by atoms with Crippen molar-refractivity contribution in [2.24, 2.45) is 0 Å². The molecule has 2 aromatic carbocycles. The summed E-state index contributed by atoms with van der Waals surface area (Å²) in [4.78, 5) is 4.60. The number of fused-ring (bicyclic) bond motifs is 1. The van der Waals surface area contributed by atoms with Crippen molar-refractivity contribution >= 4 is 39.7 Å². The first-order valence-electron chi connectivity index (χ1n) is 9.42. The van der Waals surface area contributed by atoms with Gasteiger partial charge in [0.05, 0.1) is 23.4 Å². The lowest BCUT2D eigenvalue weighted by Crippen LogP contribution is -2.32. The number of rotatable bonds is 7. The monoisotopic (exact) mass is 405 g/mol. The van der Waals surface area contributed by atoms with E-state index in [-0.39, 0.29) is 0 Å². The molecule has 0 amide bonds. The molecule has 6 nitrogen and oxygen atoms in total. The maximum atomic E-state index is 9.42. The first-order chi connectivity index (χ1) is 14.1. The molecule has 0 fully saturated rings. The highest BCUT2D eigenvalue weighted by Gasteiger charge is 2.07. The zero-order valence-corrected chi connectivity index (χ0v) is 17.3. The lowest BCUT2D eigenvalue weighted by Gasteiger charge is -2.14. The molecule has 0 spiro atoms. The van der Waals surface area contributed by atoms with Gasteiger partial charge >= 0.3 is 0 Å². The third kappa shape index (κ3) is 5.33. The second-order valence-corrected chi connectivity index (χ2v) is 6.84. The molecule has 0 saturated heterocycles. The maximum Gasteiger partial charge on any atom is 0.170 e. The molecule has 3 aromatic rings. The topological polar surface area (TPSA) is 82.0 Å². The van der Waals surface area contributed by atoms with Crippen molar-refractivity contribution in [1.82, 2.24) is 10.3 Å². The fraction of sp³-hybridized carbons (Fsp3) is 0.227. The second kappa shape index (κ2) is 9.71. The van der Waals surface area contributed by atoms with Gasteiger partial charge in [-0.2, -0.15) is 5.26 Å². The predicted molar refractivity (Wildman–Crippen MR) is 122 cm³/mol. The largest absolute Gasteiger partial charge is 0.492 e. The van der Waals surface area contributed by atoms with Gasteiger partial charge in [0.1, 0.15) is 17.6 Å². The zero-order valence-electron chi connectivity index (χ0n) is 16.5. The quantitative estimate of drug-likeness (QED) is 0.401. The highest BCUT2D eigenvalue weighted by molar-refractivity contribution is 7.80. The van der Waals surface area contributed by atoms with Crippen LogP contribution in [0, 0.1) is 18.3 Å². The van der Waals surface area contributed by atoms with Crippen LogP contribution in [0.15, 0.2) is 48.5 Å². The number of hydrogen-bond acceptors (Lipinski definition) is 5. The molecule has 0 bridgehead atoms. The van der Waals surface area contributed by atoms with E-state index in [1.54, 1.807) is 0 Å². The minimum absolute atomic E-state index is 0.501. The molecule has 0 atom stereocenters. The van der Waals surface area contributed by atoms with Crippen molar-refractivity contribution in [2.45, 2.75) is 13.8 Å². The standard InChI is InChI=1S/C22H23N5OS/c1-3-28-20-7-5-4-6-18(20)27-22(29)25-11-10-24-21-17(14-23)13-16-9-8-15(2)12-19(16)26-21/h4-9,12-13H,3,10-11H2,1-2H3,(H,24,26)(H2,25,27,29). The SMILES string of the molecule is CCOc1ccccc1NC(=S)NCCNc1nc2cc(C)ccc2cc1C#N. The maximum absolute atomic E-state index is 9.42. The van der Waals surface area contributed by atoms with Gasteiger partial charge in [-0.25, -0.2) is 4.98 Å². The highest BCUT2D eigenvalue weighted by atomic mass is 32.1. The molecule has 0 aliphatic rings. The summed E-state index contributed by atoms with van der Waals surface area (Å²) >= 11 is 5.36. The van der Waals surface area contributed by atoms with Gasteiger partial charge in [0, 0.05) is 18.5 Å². The number of hydrogen-bond donors (Lipinski definition) is 3. The number of thiocarbonyl (C=S) groups is 1. The number of nitriles is 1. The molecular formula is C22H23N5OS. The van der Waals surface area contributed by atoms with Gasteiger partial charge in [-0.1, -0.05) is 24.3 Å². The van der Waals surface area contributed by atoms with Gasteiger partial charge in [-0.3, -0.25) is 0 Å². The number of ether oxygens (including phenoxy) is 1. The summed E-state index contributed by atoms with van der Waals surface area (Å²) in [5, 5.41) is 20.4. The molecule has 0 aliphatic heterocycles. The summed E-state index contributed by atoms with van der Waals surface area (Å²) in [6, 6.07) is 17.7. The van der Waals surface area contributed by atoms with Crippen LogP contribution >= 0.6 is 12.2 Å². The van der Waals surface area contributed by atoms with E-state index in [9.17, 15) is 5.26 Å². The van der Waals surface area contributed by atoms with Crippen LogP contribution in [0.25, 0.3) is 10.9 Å². The average Bonchev–Trinajstić information content (AvgIpc) is 2.72. The number of para-hydroxylation sites is 2. The summed E-state index contributed by atoms with van der Waals surface area (Å²) in [6.07, 6.45) is 0. The van der Waals surface area contributed by atoms with Crippen molar-refractivity contribution in [3.05, 3.63) is 59.7 Å². The molecule has 0 unspecified atom stereocenters. The average molecular weight is 406 g/mol. The summed E-state index contributed by atoms with van der Waals surface area (Å²) in [5.74, 6) is 1.33. The van der Waals surface area contributed by atoms with Crippen LogP contribution in [0.2, 0.25) is 0 Å². The molecule has 29 heavy (non-hydrogen) atoms. The lowest BCUT2D eigenvalue weighted by molar-refractivity contribution is 0.342. The van der Waals surface area contributed by atoms with Crippen LogP contribution in [-0.4, -0.2) is 29.8 Å². The summed E-state index contributed by atoms with van der Waals surface area (Å²) in [7, 11) is 0. The molecule has 148 valence electrons. The fourth-order valence-electron chi connectivity index (χ4n) is 2.87. The first kappa shape index (κ1) is 20.4. The van der Waals surface area contributed by atoms with Crippen molar-refractivity contribution in [3.63, 3.8) is 0 Å². The van der Waals surface area contributed by atoms with Crippen LogP contribution in [0.1, 0.15) is 18.1 Å². The molecular weight excluding hydrogens is 382 g/mol. The van der Waals surface area contributed by atoms with E-state index in [1.807, 2.05) is 62.4 Å². The summed E-state index contributed by atoms with van der Waals surface area (Å²) < 4.78 is 5.59. The molecule has 1 heterocycles. The van der Waals surface area contributed by atoms with E-state index in [4.69, 9.17) is 17.0 Å². The number of benzene rings is 2. The Bertz CT molecular complexity index is 1060. The normalized spacial score (nSPS) is 10.2. The Morgan fingerprint density at radius 2 is 2.00 bits per heavy atom. The Balaban J connectivity index is 1.56. The van der Waals surface area contributed by atoms with Gasteiger partial charge in [-0.05, 0) is 55.9 Å². The molecule has 0 saturated carbocycles. The fourth-order valence-corrected chi connectivity index (χ4v) is 3.08. The van der Waals surface area contributed by atoms with Crippen LogP contribution in [0.3, 0.4) is 0 Å². The second-order valence-electron chi connectivity index (χ2n) is 6.43. The highest BCUT2D eigenvalue weighted by Crippen LogP contribution is 2.23. The molecule has 0 radical (unpaired) electrons. The first-order valence-corrected chi connectivity index (χ1v) is 9.83. The number of nitrogens with one attached hydrogen (secondary N) is 3. The van der Waals surface area contributed by atoms with Gasteiger partial charge in [0.2, 0.25) is 0 Å². The Kier molecular flexibility index (Phi) is 6.82. The molecule has 0 aliphatic carbocycles. The Morgan fingerprint density at radius 1 is 1.17 bits per heavy atom. The van der Waals surface area contributed by atoms with E-state index in [0.29, 0.717) is 36.2 Å². The summed E-state index contributed by atoms with van der Waals surface area (Å²) in [5.41, 5.74) is 3.33. The molecule has 3 rings (SSSR count). The van der Waals surface area contributed by atoms with Crippen molar-refractivity contribution < 1.29 is 4.74 Å². The predicted octanol–water partition coefficient (Wildman–Crippen LogP) is 4.21. The third-order valence-electron chi connectivity index (χ3n) is 4.23. The smallest absolute Gasteiger partial charge is 0.170 e.